The predicted octanol–water partition coefficient (Wildman–Crippen LogP) is -4.48. The van der Waals surface area contributed by atoms with Crippen molar-refractivity contribution in [3.8, 4) is 0 Å². The van der Waals surface area contributed by atoms with Gasteiger partial charge in [0.2, 0.25) is 0 Å². The van der Waals surface area contributed by atoms with Crippen LogP contribution in [0.25, 0.3) is 0 Å². The van der Waals surface area contributed by atoms with Crippen LogP contribution in [0.15, 0.2) is 0 Å². The lowest BCUT2D eigenvalue weighted by Crippen LogP contribution is -2.59. The lowest BCUT2D eigenvalue weighted by molar-refractivity contribution is -0.306. The predicted molar refractivity (Wildman–Crippen MR) is 58.8 cm³/mol. The lowest BCUT2D eigenvalue weighted by Gasteiger charge is -2.39. The fourth-order valence-electron chi connectivity index (χ4n) is 1.63. The monoisotopic (exact) mass is 284 g/mol. The first kappa shape index (κ1) is 16.7. The average Bonchev–Trinajstić information content (AvgIpc) is 2.42. The van der Waals surface area contributed by atoms with Gasteiger partial charge < -0.3 is 45.2 Å². The van der Waals surface area contributed by atoms with E-state index < -0.39 is 62.7 Å². The minimum atomic E-state index is -1.57. The van der Waals surface area contributed by atoms with Crippen molar-refractivity contribution < 1.29 is 45.2 Å². The van der Waals surface area contributed by atoms with Crippen LogP contribution in [0.5, 0.6) is 0 Å². The second-order valence-corrected chi connectivity index (χ2v) is 4.35. The molecular formula is C10H20O9. The Morgan fingerprint density at radius 3 is 2.11 bits per heavy atom. The summed E-state index contributed by atoms with van der Waals surface area (Å²) in [7, 11) is 0. The van der Waals surface area contributed by atoms with Gasteiger partial charge in [0.1, 0.15) is 36.6 Å². The zero-order valence-electron chi connectivity index (χ0n) is 10.1. The molecule has 0 aromatic rings. The van der Waals surface area contributed by atoms with Gasteiger partial charge in [0.05, 0.1) is 19.8 Å². The van der Waals surface area contributed by atoms with Crippen LogP contribution in [-0.4, -0.2) is 98.5 Å². The van der Waals surface area contributed by atoms with Crippen LogP contribution in [0, 0.1) is 0 Å². The number of ether oxygens (including phenoxy) is 2. The van der Waals surface area contributed by atoms with Gasteiger partial charge in [0.25, 0.3) is 0 Å². The first-order valence-corrected chi connectivity index (χ1v) is 5.81. The van der Waals surface area contributed by atoms with Crippen molar-refractivity contribution in [1.29, 1.82) is 0 Å². The average molecular weight is 284 g/mol. The number of rotatable bonds is 6. The molecule has 1 saturated heterocycles. The van der Waals surface area contributed by atoms with E-state index in [0.29, 0.717) is 0 Å². The molecule has 3 unspecified atom stereocenters. The second kappa shape index (κ2) is 7.43. The molecule has 1 heterocycles. The van der Waals surface area contributed by atoms with E-state index in [9.17, 15) is 20.4 Å². The summed E-state index contributed by atoms with van der Waals surface area (Å²) in [5, 5.41) is 64.5. The van der Waals surface area contributed by atoms with Crippen LogP contribution in [-0.2, 0) is 9.47 Å². The Morgan fingerprint density at radius 2 is 1.58 bits per heavy atom. The van der Waals surface area contributed by atoms with Crippen LogP contribution in [0.2, 0.25) is 0 Å². The molecule has 0 spiro atoms. The van der Waals surface area contributed by atoms with Crippen molar-refractivity contribution in [3.05, 3.63) is 0 Å². The Bertz CT molecular complexity index is 261. The molecule has 1 aliphatic heterocycles. The van der Waals surface area contributed by atoms with Crippen LogP contribution in [0.1, 0.15) is 0 Å². The normalized spacial score (nSPS) is 39.0. The third-order valence-electron chi connectivity index (χ3n) is 2.91. The third-order valence-corrected chi connectivity index (χ3v) is 2.91. The van der Waals surface area contributed by atoms with E-state index in [1.54, 1.807) is 0 Å². The summed E-state index contributed by atoms with van der Waals surface area (Å²) in [5.41, 5.74) is 0. The zero-order chi connectivity index (χ0) is 14.6. The molecule has 0 aromatic carbocycles. The molecule has 0 aliphatic carbocycles. The fourth-order valence-corrected chi connectivity index (χ4v) is 1.63. The molecular weight excluding hydrogens is 264 g/mol. The number of hydrogen-bond acceptors (Lipinski definition) is 9. The number of aliphatic hydroxyl groups excluding tert-OH is 7. The quantitative estimate of drug-likeness (QED) is 0.255. The Labute approximate surface area is 109 Å². The highest BCUT2D eigenvalue weighted by atomic mass is 16.7. The zero-order valence-corrected chi connectivity index (χ0v) is 10.1. The smallest absolute Gasteiger partial charge is 0.186 e. The summed E-state index contributed by atoms with van der Waals surface area (Å²) >= 11 is 0. The molecule has 7 atom stereocenters. The maximum absolute atomic E-state index is 9.59. The Kier molecular flexibility index (Phi) is 6.53. The topological polar surface area (TPSA) is 160 Å². The van der Waals surface area contributed by atoms with Crippen molar-refractivity contribution in [3.63, 3.8) is 0 Å². The third kappa shape index (κ3) is 4.05. The van der Waals surface area contributed by atoms with E-state index >= 15 is 0 Å². The molecule has 1 fully saturated rings. The van der Waals surface area contributed by atoms with Gasteiger partial charge in [-0.3, -0.25) is 0 Å². The van der Waals surface area contributed by atoms with Gasteiger partial charge in [0, 0.05) is 0 Å². The summed E-state index contributed by atoms with van der Waals surface area (Å²) in [4.78, 5) is 0. The maximum atomic E-state index is 9.59. The molecule has 0 bridgehead atoms. The fraction of sp³-hybridized carbons (Fsp3) is 1.00. The van der Waals surface area contributed by atoms with Crippen molar-refractivity contribution in [2.75, 3.05) is 19.8 Å². The largest absolute Gasteiger partial charge is 0.394 e. The Hall–Kier alpha value is -0.360. The van der Waals surface area contributed by atoms with Crippen molar-refractivity contribution in [1.82, 2.24) is 0 Å². The SMILES string of the molecule is OCC(O)C(O)COC1O[C@H](CO)[C@@H](O)[C@H](O)[C@H]1O. The molecule has 0 saturated carbocycles. The summed E-state index contributed by atoms with van der Waals surface area (Å²) in [6.45, 7) is -1.73. The minimum Gasteiger partial charge on any atom is -0.394 e. The minimum absolute atomic E-state index is 0.468. The van der Waals surface area contributed by atoms with Gasteiger partial charge in [-0.05, 0) is 0 Å². The highest BCUT2D eigenvalue weighted by Gasteiger charge is 2.44. The Morgan fingerprint density at radius 1 is 0.947 bits per heavy atom. The van der Waals surface area contributed by atoms with Crippen molar-refractivity contribution in [2.45, 2.75) is 42.9 Å². The molecule has 114 valence electrons. The summed E-state index contributed by atoms with van der Waals surface area (Å²) in [6, 6.07) is 0. The van der Waals surface area contributed by atoms with E-state index in [2.05, 4.69) is 0 Å². The van der Waals surface area contributed by atoms with E-state index in [0.717, 1.165) is 0 Å². The highest BCUT2D eigenvalue weighted by Crippen LogP contribution is 2.22. The van der Waals surface area contributed by atoms with Gasteiger partial charge in [-0.1, -0.05) is 0 Å². The molecule has 7 N–H and O–H groups in total. The summed E-state index contributed by atoms with van der Waals surface area (Å²) in [6.07, 6.45) is -9.94. The first-order chi connectivity index (χ1) is 8.92. The number of aliphatic hydroxyl groups is 7. The van der Waals surface area contributed by atoms with Crippen LogP contribution < -0.4 is 0 Å². The van der Waals surface area contributed by atoms with Crippen molar-refractivity contribution >= 4 is 0 Å². The molecule has 0 radical (unpaired) electrons. The molecule has 1 rings (SSSR count). The molecule has 0 amide bonds. The Balaban J connectivity index is 2.52. The van der Waals surface area contributed by atoms with Gasteiger partial charge in [-0.2, -0.15) is 0 Å². The van der Waals surface area contributed by atoms with Crippen LogP contribution in [0.3, 0.4) is 0 Å². The molecule has 9 nitrogen and oxygen atoms in total. The number of hydrogen-bond donors (Lipinski definition) is 7. The molecule has 1 aliphatic rings. The van der Waals surface area contributed by atoms with Gasteiger partial charge in [0.15, 0.2) is 6.29 Å². The van der Waals surface area contributed by atoms with E-state index in [-0.39, 0.29) is 0 Å². The highest BCUT2D eigenvalue weighted by molar-refractivity contribution is 4.89. The van der Waals surface area contributed by atoms with Gasteiger partial charge in [-0.15, -0.1) is 0 Å². The lowest BCUT2D eigenvalue weighted by atomic mass is 9.99. The van der Waals surface area contributed by atoms with E-state index in [4.69, 9.17) is 24.8 Å². The van der Waals surface area contributed by atoms with E-state index in [1.807, 2.05) is 0 Å². The van der Waals surface area contributed by atoms with Gasteiger partial charge >= 0.3 is 0 Å². The molecule has 0 aromatic heterocycles. The summed E-state index contributed by atoms with van der Waals surface area (Å²) in [5.74, 6) is 0. The standard InChI is InChI=1S/C10H20O9/c11-1-4(13)5(14)3-18-10-9(17)8(16)7(15)6(2-12)19-10/h4-17H,1-3H2/t4?,5?,6-,7-,8+,9-,10?/m1/s1. The first-order valence-electron chi connectivity index (χ1n) is 5.81. The summed E-state index contributed by atoms with van der Waals surface area (Å²) < 4.78 is 9.96. The van der Waals surface area contributed by atoms with Gasteiger partial charge in [-0.25, -0.2) is 0 Å². The van der Waals surface area contributed by atoms with Crippen LogP contribution in [0.4, 0.5) is 0 Å². The van der Waals surface area contributed by atoms with E-state index in [1.165, 1.54) is 0 Å². The molecule has 9 heteroatoms. The molecule has 19 heavy (non-hydrogen) atoms. The van der Waals surface area contributed by atoms with Crippen molar-refractivity contribution in [2.24, 2.45) is 0 Å². The van der Waals surface area contributed by atoms with Crippen LogP contribution >= 0.6 is 0 Å². The second-order valence-electron chi connectivity index (χ2n) is 4.35. The maximum Gasteiger partial charge on any atom is 0.186 e.